The van der Waals surface area contributed by atoms with Gasteiger partial charge in [0.05, 0.1) is 23.7 Å². The Kier molecular flexibility index (Phi) is 9.41. The second kappa shape index (κ2) is 12.5. The molecule has 0 saturated carbocycles. The van der Waals surface area contributed by atoms with Crippen LogP contribution in [0.25, 0.3) is 10.9 Å². The quantitative estimate of drug-likeness (QED) is 0.238. The molecule has 190 valence electrons. The minimum absolute atomic E-state index is 0.254. The summed E-state index contributed by atoms with van der Waals surface area (Å²) in [5.41, 5.74) is 1.73. The van der Waals surface area contributed by atoms with Crippen molar-refractivity contribution < 1.29 is 19.4 Å². The third-order valence-electron chi connectivity index (χ3n) is 5.41. The average molecular weight is 556 g/mol. The van der Waals surface area contributed by atoms with Crippen LogP contribution in [0.5, 0.6) is 11.5 Å². The third kappa shape index (κ3) is 6.40. The van der Waals surface area contributed by atoms with E-state index in [2.05, 4.69) is 34.5 Å². The fraction of sp³-hybridized carbons (Fsp3) is 0.333. The van der Waals surface area contributed by atoms with Crippen molar-refractivity contribution in [1.29, 1.82) is 0 Å². The molecule has 0 aliphatic heterocycles. The summed E-state index contributed by atoms with van der Waals surface area (Å²) in [6.07, 6.45) is 5.07. The van der Waals surface area contributed by atoms with Crippen molar-refractivity contribution in [3.05, 3.63) is 74.8 Å². The molecule has 3 rings (SSSR count). The highest BCUT2D eigenvalue weighted by Gasteiger charge is 2.20. The number of aromatic nitrogens is 2. The molecule has 36 heavy (non-hydrogen) atoms. The number of rotatable bonds is 12. The van der Waals surface area contributed by atoms with Gasteiger partial charge in [-0.2, -0.15) is 9.78 Å². The number of ether oxygens (including phenoxy) is 2. The summed E-state index contributed by atoms with van der Waals surface area (Å²) in [6, 6.07) is 8.95. The number of benzene rings is 2. The van der Waals surface area contributed by atoms with Crippen LogP contribution in [0.4, 0.5) is 0 Å². The van der Waals surface area contributed by atoms with Crippen LogP contribution < -0.4 is 15.0 Å². The number of carboxylic acid groups (broad SMARTS) is 1. The van der Waals surface area contributed by atoms with E-state index in [1.54, 1.807) is 24.4 Å². The lowest BCUT2D eigenvalue weighted by molar-refractivity contribution is -0.144. The molecule has 1 heterocycles. The van der Waals surface area contributed by atoms with Gasteiger partial charge < -0.3 is 14.6 Å². The van der Waals surface area contributed by atoms with Crippen LogP contribution in [-0.4, -0.2) is 39.7 Å². The van der Waals surface area contributed by atoms with Gasteiger partial charge in [-0.1, -0.05) is 35.4 Å². The zero-order valence-electron chi connectivity index (χ0n) is 20.7. The number of allylic oxidation sites excluding steroid dienone is 1. The SMILES string of the molecule is C=CCc1cc(C=Nn2c(CCCC)nc3ccc(Br)cc3c2=O)cc(OCC)c1O[C@@H](C)C(=O)O. The summed E-state index contributed by atoms with van der Waals surface area (Å²) in [6.45, 7) is 9.52. The summed E-state index contributed by atoms with van der Waals surface area (Å²) in [5.74, 6) is 0.244. The molecule has 0 bridgehead atoms. The molecule has 0 aliphatic carbocycles. The summed E-state index contributed by atoms with van der Waals surface area (Å²) >= 11 is 3.42. The maximum Gasteiger partial charge on any atom is 0.344 e. The molecule has 0 saturated heterocycles. The van der Waals surface area contributed by atoms with E-state index in [-0.39, 0.29) is 5.56 Å². The highest BCUT2D eigenvalue weighted by Crippen LogP contribution is 2.34. The van der Waals surface area contributed by atoms with E-state index >= 15 is 0 Å². The van der Waals surface area contributed by atoms with Gasteiger partial charge in [0.2, 0.25) is 0 Å². The number of unbranched alkanes of at least 4 members (excludes halogenated alkanes) is 1. The Hall–Kier alpha value is -3.46. The van der Waals surface area contributed by atoms with E-state index < -0.39 is 12.1 Å². The maximum atomic E-state index is 13.3. The van der Waals surface area contributed by atoms with Crippen molar-refractivity contribution in [1.82, 2.24) is 9.66 Å². The Bertz CT molecular complexity index is 1350. The number of fused-ring (bicyclic) bond motifs is 1. The standard InChI is InChI=1S/C27H30BrN3O5/c1-5-8-10-24-30-22-12-11-20(28)15-21(22)26(32)31(24)29-16-18-13-19(9-6-2)25(23(14-18)35-7-3)36-17(4)27(33)34/h6,11-17H,2,5,7-10H2,1,3-4H3,(H,33,34)/t17-/m0/s1. The Morgan fingerprint density at radius 1 is 1.31 bits per heavy atom. The number of aryl methyl sites for hydroxylation is 1. The van der Waals surface area contributed by atoms with Crippen LogP contribution in [0.2, 0.25) is 0 Å². The largest absolute Gasteiger partial charge is 0.490 e. The lowest BCUT2D eigenvalue weighted by atomic mass is 10.1. The Labute approximate surface area is 218 Å². The molecule has 0 fully saturated rings. The number of hydrogen-bond acceptors (Lipinski definition) is 6. The molecule has 3 aromatic rings. The van der Waals surface area contributed by atoms with Crippen molar-refractivity contribution >= 4 is 39.0 Å². The summed E-state index contributed by atoms with van der Waals surface area (Å²) < 4.78 is 13.6. The lowest BCUT2D eigenvalue weighted by Crippen LogP contribution is -2.24. The highest BCUT2D eigenvalue weighted by atomic mass is 79.9. The fourth-order valence-corrected chi connectivity index (χ4v) is 3.98. The molecule has 1 aromatic heterocycles. The average Bonchev–Trinajstić information content (AvgIpc) is 2.84. The molecule has 8 nitrogen and oxygen atoms in total. The van der Waals surface area contributed by atoms with Gasteiger partial charge in [0.15, 0.2) is 17.6 Å². The van der Waals surface area contributed by atoms with Gasteiger partial charge in [-0.25, -0.2) is 9.78 Å². The van der Waals surface area contributed by atoms with Crippen LogP contribution in [-0.2, 0) is 17.6 Å². The van der Waals surface area contributed by atoms with Crippen molar-refractivity contribution in [2.75, 3.05) is 6.61 Å². The first-order chi connectivity index (χ1) is 17.3. The summed E-state index contributed by atoms with van der Waals surface area (Å²) in [5, 5.41) is 14.3. The number of aliphatic carboxylic acids is 1. The van der Waals surface area contributed by atoms with Crippen molar-refractivity contribution in [2.24, 2.45) is 5.10 Å². The van der Waals surface area contributed by atoms with Crippen LogP contribution in [0.3, 0.4) is 0 Å². The Morgan fingerprint density at radius 3 is 2.75 bits per heavy atom. The van der Waals surface area contributed by atoms with E-state index in [0.717, 1.165) is 17.3 Å². The maximum absolute atomic E-state index is 13.3. The van der Waals surface area contributed by atoms with Crippen LogP contribution in [0, 0.1) is 0 Å². The number of carbonyl (C=O) groups is 1. The zero-order chi connectivity index (χ0) is 26.2. The van der Waals surface area contributed by atoms with E-state index in [9.17, 15) is 14.7 Å². The van der Waals surface area contributed by atoms with Crippen molar-refractivity contribution in [2.45, 2.75) is 52.6 Å². The van der Waals surface area contributed by atoms with Gasteiger partial charge in [0.1, 0.15) is 5.82 Å². The zero-order valence-corrected chi connectivity index (χ0v) is 22.2. The molecule has 9 heteroatoms. The first-order valence-corrected chi connectivity index (χ1v) is 12.6. The fourth-order valence-electron chi connectivity index (χ4n) is 3.62. The number of hydrogen-bond donors (Lipinski definition) is 1. The Morgan fingerprint density at radius 2 is 2.08 bits per heavy atom. The first kappa shape index (κ1) is 27.1. The Balaban J connectivity index is 2.13. The van der Waals surface area contributed by atoms with Crippen molar-refractivity contribution in [3.8, 4) is 11.5 Å². The van der Waals surface area contributed by atoms with E-state index in [1.807, 2.05) is 25.1 Å². The highest BCUT2D eigenvalue weighted by molar-refractivity contribution is 9.10. The predicted molar refractivity (Wildman–Crippen MR) is 145 cm³/mol. The van der Waals surface area contributed by atoms with Gasteiger partial charge in [0, 0.05) is 16.5 Å². The molecular weight excluding hydrogens is 526 g/mol. The minimum atomic E-state index is -1.08. The van der Waals surface area contributed by atoms with Crippen molar-refractivity contribution in [3.63, 3.8) is 0 Å². The van der Waals surface area contributed by atoms with Gasteiger partial charge >= 0.3 is 5.97 Å². The monoisotopic (exact) mass is 555 g/mol. The number of nitrogens with zero attached hydrogens (tertiary/aromatic N) is 3. The topological polar surface area (TPSA) is 103 Å². The number of carboxylic acids is 1. The van der Waals surface area contributed by atoms with Gasteiger partial charge in [-0.15, -0.1) is 6.58 Å². The lowest BCUT2D eigenvalue weighted by Gasteiger charge is -2.18. The van der Waals surface area contributed by atoms with Crippen LogP contribution in [0.1, 0.15) is 50.6 Å². The second-order valence-electron chi connectivity index (χ2n) is 8.19. The first-order valence-electron chi connectivity index (χ1n) is 11.8. The van der Waals surface area contributed by atoms with Gasteiger partial charge in [-0.05, 0) is 62.6 Å². The summed E-state index contributed by atoms with van der Waals surface area (Å²) in [7, 11) is 0. The predicted octanol–water partition coefficient (Wildman–Crippen LogP) is 5.36. The molecule has 2 aromatic carbocycles. The normalized spacial score (nSPS) is 12.1. The molecule has 0 amide bonds. The second-order valence-corrected chi connectivity index (χ2v) is 9.10. The van der Waals surface area contributed by atoms with E-state index in [4.69, 9.17) is 14.5 Å². The molecule has 0 spiro atoms. The molecule has 0 aliphatic rings. The number of halogens is 1. The van der Waals surface area contributed by atoms with Gasteiger partial charge in [-0.3, -0.25) is 4.79 Å². The van der Waals surface area contributed by atoms with Crippen LogP contribution >= 0.6 is 15.9 Å². The summed E-state index contributed by atoms with van der Waals surface area (Å²) in [4.78, 5) is 29.4. The molecule has 1 atom stereocenters. The van der Waals surface area contributed by atoms with Gasteiger partial charge in [0.25, 0.3) is 5.56 Å². The molecule has 0 radical (unpaired) electrons. The molecule has 1 N–H and O–H groups in total. The van der Waals surface area contributed by atoms with Crippen LogP contribution in [0.15, 0.2) is 57.4 Å². The molecule has 0 unspecified atom stereocenters. The van der Waals surface area contributed by atoms with E-state index in [1.165, 1.54) is 11.6 Å². The van der Waals surface area contributed by atoms with E-state index in [0.29, 0.717) is 58.8 Å². The third-order valence-corrected chi connectivity index (χ3v) is 5.91. The smallest absolute Gasteiger partial charge is 0.344 e. The molecular formula is C27H30BrN3O5. The minimum Gasteiger partial charge on any atom is -0.490 e.